The SMILES string of the molecule is C[C@H](CNC(=O)OC(C)(C)C)COCc1ccccc1. The van der Waals surface area contributed by atoms with E-state index in [-0.39, 0.29) is 12.0 Å². The summed E-state index contributed by atoms with van der Waals surface area (Å²) in [5.74, 6) is 0.242. The van der Waals surface area contributed by atoms with E-state index in [1.807, 2.05) is 58.0 Å². The topological polar surface area (TPSA) is 47.6 Å². The summed E-state index contributed by atoms with van der Waals surface area (Å²) in [6.45, 7) is 9.31. The van der Waals surface area contributed by atoms with E-state index in [0.29, 0.717) is 19.8 Å². The fraction of sp³-hybridized carbons (Fsp3) is 0.562. The predicted molar refractivity (Wildman–Crippen MR) is 79.5 cm³/mol. The van der Waals surface area contributed by atoms with Crippen molar-refractivity contribution in [1.82, 2.24) is 5.32 Å². The van der Waals surface area contributed by atoms with Crippen molar-refractivity contribution in [2.45, 2.75) is 39.9 Å². The maximum atomic E-state index is 11.5. The van der Waals surface area contributed by atoms with Crippen molar-refractivity contribution < 1.29 is 14.3 Å². The molecule has 0 aliphatic heterocycles. The Kier molecular flexibility index (Phi) is 6.52. The van der Waals surface area contributed by atoms with Crippen LogP contribution in [0.15, 0.2) is 30.3 Å². The van der Waals surface area contributed by atoms with Crippen LogP contribution in [0.5, 0.6) is 0 Å². The van der Waals surface area contributed by atoms with Crippen LogP contribution in [0.4, 0.5) is 4.79 Å². The van der Waals surface area contributed by atoms with Crippen LogP contribution in [0.1, 0.15) is 33.3 Å². The van der Waals surface area contributed by atoms with Gasteiger partial charge in [-0.05, 0) is 32.3 Å². The summed E-state index contributed by atoms with van der Waals surface area (Å²) in [6, 6.07) is 10.0. The summed E-state index contributed by atoms with van der Waals surface area (Å²) >= 11 is 0. The Labute approximate surface area is 121 Å². The van der Waals surface area contributed by atoms with Gasteiger partial charge in [0.2, 0.25) is 0 Å². The Morgan fingerprint density at radius 3 is 2.50 bits per heavy atom. The molecular weight excluding hydrogens is 254 g/mol. The highest BCUT2D eigenvalue weighted by molar-refractivity contribution is 5.67. The van der Waals surface area contributed by atoms with Crippen LogP contribution in [-0.2, 0) is 16.1 Å². The third kappa shape index (κ3) is 7.79. The summed E-state index contributed by atoms with van der Waals surface area (Å²) in [5.41, 5.74) is 0.691. The maximum Gasteiger partial charge on any atom is 0.407 e. The number of alkyl carbamates (subject to hydrolysis) is 1. The highest BCUT2D eigenvalue weighted by Crippen LogP contribution is 2.07. The van der Waals surface area contributed by atoms with Crippen molar-refractivity contribution >= 4 is 6.09 Å². The first kappa shape index (κ1) is 16.5. The standard InChI is InChI=1S/C16H25NO3/c1-13(10-17-15(18)20-16(2,3)4)11-19-12-14-8-6-5-7-9-14/h5-9,13H,10-12H2,1-4H3,(H,17,18)/t13-/m1/s1. The molecule has 1 rings (SSSR count). The molecule has 1 atom stereocenters. The number of nitrogens with one attached hydrogen (secondary N) is 1. The Balaban J connectivity index is 2.14. The van der Waals surface area contributed by atoms with Crippen LogP contribution in [0.2, 0.25) is 0 Å². The number of ether oxygens (including phenoxy) is 2. The average Bonchev–Trinajstić information content (AvgIpc) is 2.36. The Bertz CT molecular complexity index is 398. The average molecular weight is 279 g/mol. The molecule has 0 aromatic heterocycles. The number of carbonyl (C=O) groups excluding carboxylic acids is 1. The zero-order chi connectivity index (χ0) is 15.0. The minimum Gasteiger partial charge on any atom is -0.444 e. The monoisotopic (exact) mass is 279 g/mol. The summed E-state index contributed by atoms with van der Waals surface area (Å²) in [7, 11) is 0. The first-order valence-electron chi connectivity index (χ1n) is 6.95. The first-order valence-corrected chi connectivity index (χ1v) is 6.95. The number of hydrogen-bond acceptors (Lipinski definition) is 3. The normalized spacial score (nSPS) is 12.8. The van der Waals surface area contributed by atoms with Crippen molar-refractivity contribution in [2.24, 2.45) is 5.92 Å². The Morgan fingerprint density at radius 1 is 1.25 bits per heavy atom. The molecule has 0 radical (unpaired) electrons. The molecule has 112 valence electrons. The summed E-state index contributed by atoms with van der Waals surface area (Å²) in [6.07, 6.45) is -0.382. The zero-order valence-corrected chi connectivity index (χ0v) is 12.8. The van der Waals surface area contributed by atoms with Gasteiger partial charge in [-0.3, -0.25) is 0 Å². The van der Waals surface area contributed by atoms with Crippen LogP contribution in [0.3, 0.4) is 0 Å². The van der Waals surface area contributed by atoms with Crippen molar-refractivity contribution in [1.29, 1.82) is 0 Å². The molecule has 0 bridgehead atoms. The van der Waals surface area contributed by atoms with Gasteiger partial charge >= 0.3 is 6.09 Å². The fourth-order valence-corrected chi connectivity index (χ4v) is 1.58. The highest BCUT2D eigenvalue weighted by atomic mass is 16.6. The molecule has 0 aliphatic carbocycles. The molecule has 1 amide bonds. The zero-order valence-electron chi connectivity index (χ0n) is 12.8. The van der Waals surface area contributed by atoms with E-state index in [2.05, 4.69) is 5.32 Å². The molecule has 1 aromatic rings. The summed E-state index contributed by atoms with van der Waals surface area (Å²) in [5, 5.41) is 2.75. The van der Waals surface area contributed by atoms with E-state index in [1.165, 1.54) is 0 Å². The molecule has 20 heavy (non-hydrogen) atoms. The third-order valence-electron chi connectivity index (χ3n) is 2.51. The van der Waals surface area contributed by atoms with E-state index >= 15 is 0 Å². The lowest BCUT2D eigenvalue weighted by molar-refractivity contribution is 0.0492. The number of amides is 1. The molecule has 1 N–H and O–H groups in total. The van der Waals surface area contributed by atoms with Gasteiger partial charge in [0.05, 0.1) is 13.2 Å². The van der Waals surface area contributed by atoms with E-state index in [9.17, 15) is 4.79 Å². The lowest BCUT2D eigenvalue weighted by Crippen LogP contribution is -2.35. The molecule has 0 saturated heterocycles. The van der Waals surface area contributed by atoms with Gasteiger partial charge in [-0.2, -0.15) is 0 Å². The van der Waals surface area contributed by atoms with E-state index in [0.717, 1.165) is 5.56 Å². The van der Waals surface area contributed by atoms with Gasteiger partial charge in [0.25, 0.3) is 0 Å². The van der Waals surface area contributed by atoms with E-state index < -0.39 is 5.60 Å². The van der Waals surface area contributed by atoms with Gasteiger partial charge in [0.15, 0.2) is 0 Å². The first-order chi connectivity index (χ1) is 9.37. The van der Waals surface area contributed by atoms with Gasteiger partial charge in [0, 0.05) is 6.54 Å². The van der Waals surface area contributed by atoms with Gasteiger partial charge < -0.3 is 14.8 Å². The number of benzene rings is 1. The molecule has 0 unspecified atom stereocenters. The second kappa shape index (κ2) is 7.90. The summed E-state index contributed by atoms with van der Waals surface area (Å²) in [4.78, 5) is 11.5. The third-order valence-corrected chi connectivity index (χ3v) is 2.51. The highest BCUT2D eigenvalue weighted by Gasteiger charge is 2.16. The number of carbonyl (C=O) groups is 1. The van der Waals surface area contributed by atoms with Gasteiger partial charge in [-0.15, -0.1) is 0 Å². The number of rotatable bonds is 6. The van der Waals surface area contributed by atoms with Gasteiger partial charge in [-0.25, -0.2) is 4.79 Å². The lowest BCUT2D eigenvalue weighted by atomic mass is 10.2. The van der Waals surface area contributed by atoms with Crippen LogP contribution >= 0.6 is 0 Å². The molecule has 1 aromatic carbocycles. The van der Waals surface area contributed by atoms with Crippen molar-refractivity contribution in [3.63, 3.8) is 0 Å². The summed E-state index contributed by atoms with van der Waals surface area (Å²) < 4.78 is 10.8. The van der Waals surface area contributed by atoms with Crippen LogP contribution in [0.25, 0.3) is 0 Å². The molecule has 0 fully saturated rings. The molecule has 0 heterocycles. The molecule has 4 heteroatoms. The molecule has 0 aliphatic rings. The van der Waals surface area contributed by atoms with Crippen LogP contribution in [-0.4, -0.2) is 24.8 Å². The van der Waals surface area contributed by atoms with Crippen molar-refractivity contribution in [3.05, 3.63) is 35.9 Å². The van der Waals surface area contributed by atoms with E-state index in [4.69, 9.17) is 9.47 Å². The minimum atomic E-state index is -0.461. The van der Waals surface area contributed by atoms with Crippen LogP contribution in [0, 0.1) is 5.92 Å². The molecule has 0 spiro atoms. The minimum absolute atomic E-state index is 0.242. The smallest absolute Gasteiger partial charge is 0.407 e. The molecular formula is C16H25NO3. The Hall–Kier alpha value is -1.55. The molecule has 0 saturated carbocycles. The Morgan fingerprint density at radius 2 is 1.90 bits per heavy atom. The molecule has 4 nitrogen and oxygen atoms in total. The fourth-order valence-electron chi connectivity index (χ4n) is 1.58. The van der Waals surface area contributed by atoms with Crippen LogP contribution < -0.4 is 5.32 Å². The van der Waals surface area contributed by atoms with Crippen molar-refractivity contribution in [2.75, 3.05) is 13.2 Å². The quantitative estimate of drug-likeness (QED) is 0.868. The van der Waals surface area contributed by atoms with Gasteiger partial charge in [-0.1, -0.05) is 37.3 Å². The predicted octanol–water partition coefficient (Wildman–Crippen LogP) is 3.36. The lowest BCUT2D eigenvalue weighted by Gasteiger charge is -2.20. The maximum absolute atomic E-state index is 11.5. The van der Waals surface area contributed by atoms with Crippen molar-refractivity contribution in [3.8, 4) is 0 Å². The largest absolute Gasteiger partial charge is 0.444 e. The second-order valence-corrected chi connectivity index (χ2v) is 5.99. The van der Waals surface area contributed by atoms with Gasteiger partial charge in [0.1, 0.15) is 5.60 Å². The number of hydrogen-bond donors (Lipinski definition) is 1. The second-order valence-electron chi connectivity index (χ2n) is 5.99. The van der Waals surface area contributed by atoms with E-state index in [1.54, 1.807) is 0 Å².